The maximum Gasteiger partial charge on any atom is 0.416 e. The van der Waals surface area contributed by atoms with E-state index in [1.165, 1.54) is 12.1 Å². The van der Waals surface area contributed by atoms with E-state index in [-0.39, 0.29) is 18.4 Å². The molecule has 28 heavy (non-hydrogen) atoms. The van der Waals surface area contributed by atoms with E-state index in [1.807, 2.05) is 6.26 Å². The summed E-state index contributed by atoms with van der Waals surface area (Å²) in [6, 6.07) is 12.4. The molecule has 0 fully saturated rings. The van der Waals surface area contributed by atoms with Gasteiger partial charge in [0, 0.05) is 12.1 Å². The molecule has 2 amide bonds. The van der Waals surface area contributed by atoms with Crippen LogP contribution in [0.15, 0.2) is 54.6 Å². The van der Waals surface area contributed by atoms with E-state index in [0.29, 0.717) is 23.3 Å². The van der Waals surface area contributed by atoms with Gasteiger partial charge in [0.05, 0.1) is 5.56 Å². The molecule has 150 valence electrons. The molecule has 0 aliphatic carbocycles. The number of carbonyl (C=O) groups excluding carboxylic acids is 2. The fourth-order valence-corrected chi connectivity index (χ4v) is 2.93. The number of benzene rings is 2. The van der Waals surface area contributed by atoms with Gasteiger partial charge < -0.3 is 10.6 Å². The smallest absolute Gasteiger partial charge is 0.350 e. The van der Waals surface area contributed by atoms with Crippen molar-refractivity contribution in [3.8, 4) is 0 Å². The van der Waals surface area contributed by atoms with Crippen LogP contribution in [0, 0.1) is 0 Å². The van der Waals surface area contributed by atoms with E-state index in [2.05, 4.69) is 10.6 Å². The average molecular weight is 410 g/mol. The Bertz CT molecular complexity index is 780. The maximum atomic E-state index is 12.6. The Labute approximate surface area is 165 Å². The molecule has 1 atom stereocenters. The minimum absolute atomic E-state index is 0.0773. The molecule has 2 aromatic rings. The van der Waals surface area contributed by atoms with Crippen LogP contribution in [0.3, 0.4) is 0 Å². The third-order valence-electron chi connectivity index (χ3n) is 4.02. The van der Waals surface area contributed by atoms with Crippen LogP contribution in [0.2, 0.25) is 0 Å². The molecule has 2 N–H and O–H groups in total. The van der Waals surface area contributed by atoms with E-state index in [4.69, 9.17) is 0 Å². The van der Waals surface area contributed by atoms with Crippen LogP contribution in [0.25, 0.3) is 0 Å². The van der Waals surface area contributed by atoms with Crippen molar-refractivity contribution in [2.45, 2.75) is 25.2 Å². The number of thioether (sulfide) groups is 1. The van der Waals surface area contributed by atoms with Crippen LogP contribution in [-0.2, 0) is 17.5 Å². The Morgan fingerprint density at radius 1 is 1.04 bits per heavy atom. The number of nitrogens with one attached hydrogen (secondary N) is 2. The molecule has 0 bridgehead atoms. The van der Waals surface area contributed by atoms with Gasteiger partial charge in [-0.05, 0) is 48.3 Å². The zero-order chi connectivity index (χ0) is 20.6. The quantitative estimate of drug-likeness (QED) is 0.695. The molecule has 0 aliphatic rings. The van der Waals surface area contributed by atoms with Crippen LogP contribution in [0.5, 0.6) is 0 Å². The number of hydrogen-bond donors (Lipinski definition) is 2. The normalized spacial score (nSPS) is 12.3. The van der Waals surface area contributed by atoms with Gasteiger partial charge in [0.15, 0.2) is 0 Å². The Kier molecular flexibility index (Phi) is 7.92. The number of rotatable bonds is 8. The van der Waals surface area contributed by atoms with Gasteiger partial charge in [-0.2, -0.15) is 24.9 Å². The Morgan fingerprint density at radius 2 is 1.68 bits per heavy atom. The van der Waals surface area contributed by atoms with Crippen molar-refractivity contribution >= 4 is 23.6 Å². The average Bonchev–Trinajstić information content (AvgIpc) is 2.69. The molecule has 4 nitrogen and oxygen atoms in total. The van der Waals surface area contributed by atoms with Crippen molar-refractivity contribution < 1.29 is 22.8 Å². The lowest BCUT2D eigenvalue weighted by atomic mass is 10.1. The van der Waals surface area contributed by atoms with Gasteiger partial charge in [0.1, 0.15) is 6.04 Å². The summed E-state index contributed by atoms with van der Waals surface area (Å²) >= 11 is 1.55. The molecule has 2 rings (SSSR count). The monoisotopic (exact) mass is 410 g/mol. The largest absolute Gasteiger partial charge is 0.416 e. The lowest BCUT2D eigenvalue weighted by Gasteiger charge is -2.18. The maximum absolute atomic E-state index is 12.6. The zero-order valence-electron chi connectivity index (χ0n) is 15.3. The Hall–Kier alpha value is -2.48. The highest BCUT2D eigenvalue weighted by molar-refractivity contribution is 7.98. The summed E-state index contributed by atoms with van der Waals surface area (Å²) in [5, 5.41) is 5.40. The fourth-order valence-electron chi connectivity index (χ4n) is 2.46. The van der Waals surface area contributed by atoms with Crippen LogP contribution in [0.4, 0.5) is 13.2 Å². The molecule has 8 heteroatoms. The highest BCUT2D eigenvalue weighted by atomic mass is 32.2. The summed E-state index contributed by atoms with van der Waals surface area (Å²) in [5.41, 5.74) is 0.252. The van der Waals surface area contributed by atoms with Crippen molar-refractivity contribution in [2.75, 3.05) is 12.0 Å². The van der Waals surface area contributed by atoms with Gasteiger partial charge in [0.25, 0.3) is 5.91 Å². The van der Waals surface area contributed by atoms with Crippen LogP contribution in [-0.4, -0.2) is 29.9 Å². The fraction of sp³-hybridized carbons (Fsp3) is 0.300. The third kappa shape index (κ3) is 6.60. The summed E-state index contributed by atoms with van der Waals surface area (Å²) < 4.78 is 37.8. The molecule has 0 aromatic heterocycles. The number of amides is 2. The van der Waals surface area contributed by atoms with Crippen LogP contribution >= 0.6 is 11.8 Å². The topological polar surface area (TPSA) is 58.2 Å². The molecule has 0 radical (unpaired) electrons. The summed E-state index contributed by atoms with van der Waals surface area (Å²) in [5.74, 6) is -0.0532. The van der Waals surface area contributed by atoms with E-state index >= 15 is 0 Å². The number of alkyl halides is 3. The van der Waals surface area contributed by atoms with E-state index in [0.717, 1.165) is 12.1 Å². The Morgan fingerprint density at radius 3 is 2.25 bits per heavy atom. The molecule has 0 aliphatic heterocycles. The SMILES string of the molecule is CSCCC(NC(=O)c1ccccc1)C(=O)NCc1ccc(C(F)(F)F)cc1. The molecule has 0 saturated heterocycles. The summed E-state index contributed by atoms with van der Waals surface area (Å²) in [4.78, 5) is 24.8. The van der Waals surface area contributed by atoms with E-state index in [9.17, 15) is 22.8 Å². The standard InChI is InChI=1S/C20H21F3N2O2S/c1-28-12-11-17(25-18(26)15-5-3-2-4-6-15)19(27)24-13-14-7-9-16(10-8-14)20(21,22)23/h2-10,17H,11-13H2,1H3,(H,24,27)(H,25,26). The van der Waals surface area contributed by atoms with Gasteiger partial charge in [0.2, 0.25) is 5.91 Å². The lowest BCUT2D eigenvalue weighted by Crippen LogP contribution is -2.46. The predicted molar refractivity (Wildman–Crippen MR) is 104 cm³/mol. The van der Waals surface area contributed by atoms with Crippen molar-refractivity contribution in [1.29, 1.82) is 0 Å². The van der Waals surface area contributed by atoms with Crippen molar-refractivity contribution in [3.05, 3.63) is 71.3 Å². The molecule has 0 spiro atoms. The highest BCUT2D eigenvalue weighted by Gasteiger charge is 2.30. The Balaban J connectivity index is 1.97. The first-order valence-electron chi connectivity index (χ1n) is 8.60. The minimum Gasteiger partial charge on any atom is -0.350 e. The zero-order valence-corrected chi connectivity index (χ0v) is 16.1. The van der Waals surface area contributed by atoms with Gasteiger partial charge in [-0.15, -0.1) is 0 Å². The number of halogens is 3. The van der Waals surface area contributed by atoms with Crippen LogP contribution in [0.1, 0.15) is 27.9 Å². The lowest BCUT2D eigenvalue weighted by molar-refractivity contribution is -0.137. The second kappa shape index (κ2) is 10.2. The number of carbonyl (C=O) groups is 2. The second-order valence-corrected chi connectivity index (χ2v) is 7.07. The van der Waals surface area contributed by atoms with Crippen molar-refractivity contribution in [2.24, 2.45) is 0 Å². The van der Waals surface area contributed by atoms with Crippen LogP contribution < -0.4 is 10.6 Å². The van der Waals surface area contributed by atoms with Gasteiger partial charge in [-0.1, -0.05) is 30.3 Å². The van der Waals surface area contributed by atoms with Gasteiger partial charge >= 0.3 is 6.18 Å². The number of hydrogen-bond acceptors (Lipinski definition) is 3. The first kappa shape index (κ1) is 21.8. The van der Waals surface area contributed by atoms with E-state index in [1.54, 1.807) is 42.1 Å². The summed E-state index contributed by atoms with van der Waals surface area (Å²) in [7, 11) is 0. The molecule has 2 aromatic carbocycles. The molecule has 0 heterocycles. The van der Waals surface area contributed by atoms with Gasteiger partial charge in [-0.3, -0.25) is 9.59 Å². The predicted octanol–water partition coefficient (Wildman–Crippen LogP) is 3.87. The highest BCUT2D eigenvalue weighted by Crippen LogP contribution is 2.29. The van der Waals surface area contributed by atoms with Crippen molar-refractivity contribution in [1.82, 2.24) is 10.6 Å². The molecule has 1 unspecified atom stereocenters. The third-order valence-corrected chi connectivity index (χ3v) is 4.66. The molecular weight excluding hydrogens is 389 g/mol. The molecule has 0 saturated carbocycles. The molecular formula is C20H21F3N2O2S. The minimum atomic E-state index is -4.40. The first-order valence-corrected chi connectivity index (χ1v) is 9.99. The van der Waals surface area contributed by atoms with E-state index < -0.39 is 17.8 Å². The summed E-state index contributed by atoms with van der Waals surface area (Å²) in [6.07, 6.45) is -2.05. The first-order chi connectivity index (χ1) is 13.3. The second-order valence-electron chi connectivity index (χ2n) is 6.09. The van der Waals surface area contributed by atoms with Gasteiger partial charge in [-0.25, -0.2) is 0 Å². The van der Waals surface area contributed by atoms with Crippen molar-refractivity contribution in [3.63, 3.8) is 0 Å². The summed E-state index contributed by atoms with van der Waals surface area (Å²) in [6.45, 7) is 0.0773.